The molecule has 0 radical (unpaired) electrons. The van der Waals surface area contributed by atoms with Crippen molar-refractivity contribution in [1.29, 1.82) is 0 Å². The molecule has 0 saturated heterocycles. The molecule has 18 heavy (non-hydrogen) atoms. The lowest BCUT2D eigenvalue weighted by molar-refractivity contribution is 1.28. The Morgan fingerprint density at radius 2 is 1.72 bits per heavy atom. The molecule has 3 aromatic rings. The second-order valence-corrected chi connectivity index (χ2v) is 4.42. The summed E-state index contributed by atoms with van der Waals surface area (Å²) in [5.41, 5.74) is 3.63. The first-order chi connectivity index (χ1) is 8.75. The van der Waals surface area contributed by atoms with Crippen molar-refractivity contribution in [3.63, 3.8) is 0 Å². The monoisotopic (exact) mass is 235 g/mol. The number of nitrogens with one attached hydrogen (secondary N) is 1. The molecule has 1 aromatic heterocycles. The van der Waals surface area contributed by atoms with Crippen LogP contribution in [0.2, 0.25) is 0 Å². The van der Waals surface area contributed by atoms with E-state index in [9.17, 15) is 4.79 Å². The average molecular weight is 235 g/mol. The Bertz CT molecular complexity index is 757. The van der Waals surface area contributed by atoms with Crippen LogP contribution < -0.4 is 5.56 Å². The van der Waals surface area contributed by atoms with Crippen molar-refractivity contribution in [2.45, 2.75) is 6.92 Å². The van der Waals surface area contributed by atoms with Crippen molar-refractivity contribution in [2.24, 2.45) is 0 Å². The van der Waals surface area contributed by atoms with Crippen LogP contribution in [0.1, 0.15) is 5.56 Å². The minimum absolute atomic E-state index is 0.0389. The number of pyridine rings is 1. The number of rotatable bonds is 1. The van der Waals surface area contributed by atoms with Crippen molar-refractivity contribution in [1.82, 2.24) is 4.98 Å². The summed E-state index contributed by atoms with van der Waals surface area (Å²) < 4.78 is 0. The summed E-state index contributed by atoms with van der Waals surface area (Å²) in [5, 5.41) is 1.06. The van der Waals surface area contributed by atoms with Gasteiger partial charge in [0.25, 0.3) is 5.56 Å². The molecule has 0 amide bonds. The summed E-state index contributed by atoms with van der Waals surface area (Å²) in [6, 6.07) is 17.7. The molecule has 0 unspecified atom stereocenters. The van der Waals surface area contributed by atoms with Gasteiger partial charge in [0.1, 0.15) is 0 Å². The lowest BCUT2D eigenvalue weighted by Gasteiger charge is -2.05. The van der Waals surface area contributed by atoms with Crippen molar-refractivity contribution in [3.05, 3.63) is 70.5 Å². The Kier molecular flexibility index (Phi) is 2.49. The minimum Gasteiger partial charge on any atom is -0.321 e. The van der Waals surface area contributed by atoms with Crippen LogP contribution in [0.5, 0.6) is 0 Å². The second kappa shape index (κ2) is 4.15. The van der Waals surface area contributed by atoms with Gasteiger partial charge in [-0.1, -0.05) is 48.5 Å². The van der Waals surface area contributed by atoms with E-state index < -0.39 is 0 Å². The van der Waals surface area contributed by atoms with Crippen LogP contribution in [0.15, 0.2) is 59.4 Å². The molecular weight excluding hydrogens is 222 g/mol. The highest BCUT2D eigenvalue weighted by molar-refractivity contribution is 5.85. The van der Waals surface area contributed by atoms with E-state index in [1.54, 1.807) is 0 Å². The molecule has 1 N–H and O–H groups in total. The molecule has 0 bridgehead atoms. The third-order valence-electron chi connectivity index (χ3n) is 3.17. The number of para-hydroxylation sites is 1. The predicted molar refractivity (Wildman–Crippen MR) is 74.7 cm³/mol. The van der Waals surface area contributed by atoms with Crippen LogP contribution in [0.3, 0.4) is 0 Å². The van der Waals surface area contributed by atoms with Gasteiger partial charge in [0.05, 0.1) is 5.52 Å². The third kappa shape index (κ3) is 1.72. The number of aryl methyl sites for hydroxylation is 1. The molecule has 2 aromatic carbocycles. The van der Waals surface area contributed by atoms with E-state index in [1.165, 1.54) is 0 Å². The van der Waals surface area contributed by atoms with Crippen LogP contribution in [0.4, 0.5) is 0 Å². The molecule has 1 heterocycles. The van der Waals surface area contributed by atoms with Gasteiger partial charge in [0.15, 0.2) is 0 Å². The fourth-order valence-electron chi connectivity index (χ4n) is 2.22. The number of hydrogen-bond donors (Lipinski definition) is 1. The van der Waals surface area contributed by atoms with Gasteiger partial charge in [-0.2, -0.15) is 0 Å². The topological polar surface area (TPSA) is 32.9 Å². The van der Waals surface area contributed by atoms with Crippen molar-refractivity contribution in [2.75, 3.05) is 0 Å². The Hall–Kier alpha value is -2.35. The van der Waals surface area contributed by atoms with Crippen molar-refractivity contribution < 1.29 is 0 Å². The Morgan fingerprint density at radius 1 is 0.944 bits per heavy atom. The summed E-state index contributed by atoms with van der Waals surface area (Å²) >= 11 is 0. The number of H-pyrrole nitrogens is 1. The van der Waals surface area contributed by atoms with Gasteiger partial charge in [-0.05, 0) is 29.5 Å². The van der Waals surface area contributed by atoms with Crippen LogP contribution in [-0.4, -0.2) is 4.98 Å². The molecule has 0 saturated carbocycles. The molecule has 3 rings (SSSR count). The van der Waals surface area contributed by atoms with Crippen LogP contribution in [0, 0.1) is 6.92 Å². The van der Waals surface area contributed by atoms with Gasteiger partial charge in [0.2, 0.25) is 0 Å². The normalized spacial score (nSPS) is 10.7. The van der Waals surface area contributed by atoms with E-state index >= 15 is 0 Å². The van der Waals surface area contributed by atoms with Crippen molar-refractivity contribution in [3.8, 4) is 11.1 Å². The lowest BCUT2D eigenvalue weighted by Crippen LogP contribution is -2.09. The van der Waals surface area contributed by atoms with Crippen LogP contribution >= 0.6 is 0 Å². The minimum atomic E-state index is -0.0389. The van der Waals surface area contributed by atoms with E-state index in [-0.39, 0.29) is 5.56 Å². The van der Waals surface area contributed by atoms with E-state index in [4.69, 9.17) is 0 Å². The Morgan fingerprint density at radius 3 is 2.50 bits per heavy atom. The molecule has 0 aliphatic rings. The summed E-state index contributed by atoms with van der Waals surface area (Å²) in [6.07, 6.45) is 0. The van der Waals surface area contributed by atoms with Gasteiger partial charge in [-0.25, -0.2) is 0 Å². The quantitative estimate of drug-likeness (QED) is 0.688. The standard InChI is InChI=1S/C16H13NO/c1-11-6-5-9-13-10-14(16(18)17-15(11)13)12-7-3-2-4-8-12/h2-10H,1H3,(H,17,18). The fraction of sp³-hybridized carbons (Fsp3) is 0.0625. The molecule has 88 valence electrons. The van der Waals surface area contributed by atoms with E-state index in [0.29, 0.717) is 5.56 Å². The first kappa shape index (κ1) is 10.8. The zero-order valence-electron chi connectivity index (χ0n) is 10.1. The van der Waals surface area contributed by atoms with Gasteiger partial charge in [-0.3, -0.25) is 4.79 Å². The number of fused-ring (bicyclic) bond motifs is 1. The summed E-state index contributed by atoms with van der Waals surface area (Å²) in [4.78, 5) is 15.1. The number of hydrogen-bond acceptors (Lipinski definition) is 1. The zero-order chi connectivity index (χ0) is 12.5. The highest BCUT2D eigenvalue weighted by Crippen LogP contribution is 2.20. The van der Waals surface area contributed by atoms with Gasteiger partial charge in [-0.15, -0.1) is 0 Å². The molecule has 0 aliphatic heterocycles. The lowest BCUT2D eigenvalue weighted by atomic mass is 10.0. The highest BCUT2D eigenvalue weighted by Gasteiger charge is 2.05. The van der Waals surface area contributed by atoms with Gasteiger partial charge in [0, 0.05) is 5.56 Å². The molecule has 0 fully saturated rings. The Balaban J connectivity index is 2.33. The molecular formula is C16H13NO. The molecule has 0 aliphatic carbocycles. The van der Waals surface area contributed by atoms with Gasteiger partial charge >= 0.3 is 0 Å². The molecule has 0 spiro atoms. The van der Waals surface area contributed by atoms with Crippen molar-refractivity contribution >= 4 is 10.9 Å². The largest absolute Gasteiger partial charge is 0.321 e. The second-order valence-electron chi connectivity index (χ2n) is 4.42. The molecule has 2 heteroatoms. The third-order valence-corrected chi connectivity index (χ3v) is 3.17. The van der Waals surface area contributed by atoms with E-state index in [1.807, 2.05) is 61.5 Å². The molecule has 0 atom stereocenters. The van der Waals surface area contributed by atoms with Gasteiger partial charge < -0.3 is 4.98 Å². The zero-order valence-corrected chi connectivity index (χ0v) is 10.1. The maximum Gasteiger partial charge on any atom is 0.256 e. The maximum atomic E-state index is 12.1. The van der Waals surface area contributed by atoms with Crippen LogP contribution in [-0.2, 0) is 0 Å². The maximum absolute atomic E-state index is 12.1. The number of benzene rings is 2. The summed E-state index contributed by atoms with van der Waals surface area (Å²) in [7, 11) is 0. The first-order valence-electron chi connectivity index (χ1n) is 5.94. The Labute approximate surface area is 105 Å². The van der Waals surface area contributed by atoms with E-state index in [2.05, 4.69) is 4.98 Å². The smallest absolute Gasteiger partial charge is 0.256 e. The number of aromatic nitrogens is 1. The SMILES string of the molecule is Cc1cccc2cc(-c3ccccc3)c(=O)[nH]c12. The fourth-order valence-corrected chi connectivity index (χ4v) is 2.22. The van der Waals surface area contributed by atoms with E-state index in [0.717, 1.165) is 22.0 Å². The van der Waals surface area contributed by atoms with Crippen LogP contribution in [0.25, 0.3) is 22.0 Å². The average Bonchev–Trinajstić information content (AvgIpc) is 2.40. The number of aromatic amines is 1. The molecule has 2 nitrogen and oxygen atoms in total. The highest BCUT2D eigenvalue weighted by atomic mass is 16.1. The predicted octanol–water partition coefficient (Wildman–Crippen LogP) is 3.50. The summed E-state index contributed by atoms with van der Waals surface area (Å²) in [5.74, 6) is 0. The first-order valence-corrected chi connectivity index (χ1v) is 5.94. The summed E-state index contributed by atoms with van der Waals surface area (Å²) in [6.45, 7) is 2.00.